The molecule has 2 heterocycles. The fourth-order valence-corrected chi connectivity index (χ4v) is 3.96. The van der Waals surface area contributed by atoms with Crippen LogP contribution in [0.5, 0.6) is 0 Å². The van der Waals surface area contributed by atoms with Gasteiger partial charge in [0.2, 0.25) is 11.8 Å². The summed E-state index contributed by atoms with van der Waals surface area (Å²) in [6.45, 7) is 2.19. The van der Waals surface area contributed by atoms with Gasteiger partial charge in [-0.3, -0.25) is 9.59 Å². The summed E-state index contributed by atoms with van der Waals surface area (Å²) in [5, 5.41) is 6.11. The van der Waals surface area contributed by atoms with Crippen molar-refractivity contribution < 1.29 is 14.0 Å². The molecule has 0 aliphatic carbocycles. The van der Waals surface area contributed by atoms with E-state index in [1.54, 1.807) is 18.2 Å². The van der Waals surface area contributed by atoms with E-state index in [0.29, 0.717) is 17.8 Å². The molecule has 2 N–H and O–H groups in total. The number of halogens is 1. The first kappa shape index (κ1) is 18.6. The third-order valence-electron chi connectivity index (χ3n) is 5.48. The molecule has 6 heteroatoms. The van der Waals surface area contributed by atoms with Crippen molar-refractivity contribution >= 4 is 17.5 Å². The summed E-state index contributed by atoms with van der Waals surface area (Å²) in [6.07, 6.45) is 2.74. The number of amides is 2. The van der Waals surface area contributed by atoms with Gasteiger partial charge >= 0.3 is 0 Å². The molecule has 1 fully saturated rings. The molecular formula is C22H24FN3O2. The first-order chi connectivity index (χ1) is 13.6. The summed E-state index contributed by atoms with van der Waals surface area (Å²) in [7, 11) is 0. The lowest BCUT2D eigenvalue weighted by Gasteiger charge is -2.31. The average Bonchev–Trinajstić information content (AvgIpc) is 3.23. The van der Waals surface area contributed by atoms with Crippen molar-refractivity contribution in [2.24, 2.45) is 0 Å². The van der Waals surface area contributed by atoms with E-state index in [1.807, 2.05) is 23.1 Å². The summed E-state index contributed by atoms with van der Waals surface area (Å²) < 4.78 is 13.7. The predicted molar refractivity (Wildman–Crippen MR) is 105 cm³/mol. The number of anilines is 1. The highest BCUT2D eigenvalue weighted by atomic mass is 19.1. The molecule has 1 unspecified atom stereocenters. The molecule has 2 aliphatic rings. The van der Waals surface area contributed by atoms with Gasteiger partial charge in [-0.2, -0.15) is 0 Å². The molecule has 1 atom stereocenters. The average molecular weight is 381 g/mol. The smallest absolute Gasteiger partial charge is 0.240 e. The van der Waals surface area contributed by atoms with Gasteiger partial charge in [0, 0.05) is 18.8 Å². The van der Waals surface area contributed by atoms with Gasteiger partial charge in [0.25, 0.3) is 0 Å². The van der Waals surface area contributed by atoms with Crippen LogP contribution in [0.4, 0.5) is 10.1 Å². The standard InChI is InChI=1S/C22H24FN3O2/c23-19-5-2-1-4-16(19)13-21(27)25-18-8-7-15-9-11-26(14-17(15)12-18)22(28)20-6-3-10-24-20/h1-2,4-5,7-8,12,20,24H,3,6,9-11,13-14H2,(H,25,27). The maximum Gasteiger partial charge on any atom is 0.240 e. The van der Waals surface area contributed by atoms with Crippen LogP contribution in [0, 0.1) is 5.82 Å². The van der Waals surface area contributed by atoms with E-state index in [9.17, 15) is 14.0 Å². The largest absolute Gasteiger partial charge is 0.337 e. The Hall–Kier alpha value is -2.73. The normalized spacial score (nSPS) is 18.6. The van der Waals surface area contributed by atoms with E-state index < -0.39 is 0 Å². The molecule has 1 saturated heterocycles. The third kappa shape index (κ3) is 4.07. The number of nitrogens with one attached hydrogen (secondary N) is 2. The van der Waals surface area contributed by atoms with Crippen molar-refractivity contribution in [2.45, 2.75) is 38.3 Å². The van der Waals surface area contributed by atoms with Crippen LogP contribution in [0.15, 0.2) is 42.5 Å². The topological polar surface area (TPSA) is 61.4 Å². The number of hydrogen-bond acceptors (Lipinski definition) is 3. The van der Waals surface area contributed by atoms with Crippen molar-refractivity contribution in [3.05, 3.63) is 65.0 Å². The Labute approximate surface area is 163 Å². The molecule has 2 aliphatic heterocycles. The fourth-order valence-electron chi connectivity index (χ4n) is 3.96. The lowest BCUT2D eigenvalue weighted by atomic mass is 9.98. The third-order valence-corrected chi connectivity index (χ3v) is 5.48. The van der Waals surface area contributed by atoms with Crippen LogP contribution in [0.25, 0.3) is 0 Å². The molecule has 2 aromatic carbocycles. The summed E-state index contributed by atoms with van der Waals surface area (Å²) >= 11 is 0. The number of carbonyl (C=O) groups is 2. The predicted octanol–water partition coefficient (Wildman–Crippen LogP) is 2.64. The first-order valence-corrected chi connectivity index (χ1v) is 9.77. The highest BCUT2D eigenvalue weighted by molar-refractivity contribution is 5.92. The fraction of sp³-hybridized carbons (Fsp3) is 0.364. The Kier molecular flexibility index (Phi) is 5.39. The maximum atomic E-state index is 13.7. The number of hydrogen-bond donors (Lipinski definition) is 2. The highest BCUT2D eigenvalue weighted by Crippen LogP contribution is 2.24. The Morgan fingerprint density at radius 3 is 2.82 bits per heavy atom. The van der Waals surface area contributed by atoms with Crippen molar-refractivity contribution in [3.63, 3.8) is 0 Å². The Bertz CT molecular complexity index is 893. The van der Waals surface area contributed by atoms with Crippen LogP contribution in [0.1, 0.15) is 29.5 Å². The Morgan fingerprint density at radius 1 is 1.18 bits per heavy atom. The molecule has 0 aromatic heterocycles. The minimum absolute atomic E-state index is 0.0122. The Balaban J connectivity index is 1.42. The number of rotatable bonds is 4. The van der Waals surface area contributed by atoms with Crippen molar-refractivity contribution in [1.29, 1.82) is 0 Å². The Morgan fingerprint density at radius 2 is 2.04 bits per heavy atom. The number of nitrogens with zero attached hydrogens (tertiary/aromatic N) is 1. The lowest BCUT2D eigenvalue weighted by Crippen LogP contribution is -2.45. The van der Waals surface area contributed by atoms with E-state index in [0.717, 1.165) is 37.9 Å². The zero-order valence-corrected chi connectivity index (χ0v) is 15.7. The van der Waals surface area contributed by atoms with Gasteiger partial charge in [0.05, 0.1) is 12.5 Å². The molecule has 4 rings (SSSR count). The molecule has 0 spiro atoms. The molecule has 2 amide bonds. The van der Waals surface area contributed by atoms with E-state index in [4.69, 9.17) is 0 Å². The molecule has 0 saturated carbocycles. The second-order valence-corrected chi connectivity index (χ2v) is 7.46. The minimum atomic E-state index is -0.377. The lowest BCUT2D eigenvalue weighted by molar-refractivity contribution is -0.134. The number of benzene rings is 2. The molecule has 0 radical (unpaired) electrons. The monoisotopic (exact) mass is 381 g/mol. The van der Waals surface area contributed by atoms with E-state index in [-0.39, 0.29) is 30.1 Å². The SMILES string of the molecule is O=C(Cc1ccccc1F)Nc1ccc2c(c1)CN(C(=O)C1CCCN1)CC2. The first-order valence-electron chi connectivity index (χ1n) is 9.77. The van der Waals surface area contributed by atoms with E-state index >= 15 is 0 Å². The van der Waals surface area contributed by atoms with Crippen molar-refractivity contribution in [1.82, 2.24) is 10.2 Å². The van der Waals surface area contributed by atoms with Crippen LogP contribution >= 0.6 is 0 Å². The van der Waals surface area contributed by atoms with Crippen LogP contribution in [-0.2, 0) is 29.0 Å². The quantitative estimate of drug-likeness (QED) is 0.856. The van der Waals surface area contributed by atoms with E-state index in [1.165, 1.54) is 11.6 Å². The molecule has 28 heavy (non-hydrogen) atoms. The van der Waals surface area contributed by atoms with Crippen LogP contribution in [-0.4, -0.2) is 35.8 Å². The van der Waals surface area contributed by atoms with Crippen molar-refractivity contribution in [3.8, 4) is 0 Å². The molecular weight excluding hydrogens is 357 g/mol. The van der Waals surface area contributed by atoms with Gasteiger partial charge in [0.15, 0.2) is 0 Å². The molecule has 5 nitrogen and oxygen atoms in total. The van der Waals surface area contributed by atoms with Crippen LogP contribution < -0.4 is 10.6 Å². The zero-order valence-electron chi connectivity index (χ0n) is 15.7. The highest BCUT2D eigenvalue weighted by Gasteiger charge is 2.29. The van der Waals surface area contributed by atoms with Gasteiger partial charge in [0.1, 0.15) is 5.82 Å². The molecule has 0 bridgehead atoms. The van der Waals surface area contributed by atoms with Gasteiger partial charge in [-0.15, -0.1) is 0 Å². The summed E-state index contributed by atoms with van der Waals surface area (Å²) in [5.74, 6) is -0.473. The molecule has 2 aromatic rings. The van der Waals surface area contributed by atoms with Gasteiger partial charge in [-0.1, -0.05) is 24.3 Å². The second kappa shape index (κ2) is 8.10. The van der Waals surface area contributed by atoms with E-state index in [2.05, 4.69) is 10.6 Å². The maximum absolute atomic E-state index is 13.7. The number of fused-ring (bicyclic) bond motifs is 1. The van der Waals surface area contributed by atoms with Gasteiger partial charge < -0.3 is 15.5 Å². The summed E-state index contributed by atoms with van der Waals surface area (Å²) in [6, 6.07) is 12.0. The summed E-state index contributed by atoms with van der Waals surface area (Å²) in [5.41, 5.74) is 3.31. The van der Waals surface area contributed by atoms with Gasteiger partial charge in [-0.25, -0.2) is 4.39 Å². The second-order valence-electron chi connectivity index (χ2n) is 7.46. The van der Waals surface area contributed by atoms with Crippen molar-refractivity contribution in [2.75, 3.05) is 18.4 Å². The zero-order chi connectivity index (χ0) is 19.5. The van der Waals surface area contributed by atoms with Gasteiger partial charge in [-0.05, 0) is 60.7 Å². The van der Waals surface area contributed by atoms with Crippen LogP contribution in [0.3, 0.4) is 0 Å². The van der Waals surface area contributed by atoms with Crippen LogP contribution in [0.2, 0.25) is 0 Å². The molecule has 146 valence electrons. The summed E-state index contributed by atoms with van der Waals surface area (Å²) in [4.78, 5) is 26.9. The number of carbonyl (C=O) groups excluding carboxylic acids is 2. The minimum Gasteiger partial charge on any atom is -0.337 e.